The molecule has 1 aromatic heterocycles. The van der Waals surface area contributed by atoms with Gasteiger partial charge >= 0.3 is 5.69 Å². The van der Waals surface area contributed by atoms with Crippen LogP contribution in [0.2, 0.25) is 0 Å². The molecule has 0 aliphatic carbocycles. The molecule has 0 unspecified atom stereocenters. The molecule has 0 bridgehead atoms. The van der Waals surface area contributed by atoms with Gasteiger partial charge in [-0.25, -0.2) is 4.39 Å². The second kappa shape index (κ2) is 5.83. The van der Waals surface area contributed by atoms with Crippen molar-refractivity contribution in [3.05, 3.63) is 56.2 Å². The summed E-state index contributed by atoms with van der Waals surface area (Å²) in [5.74, 6) is -0.425. The van der Waals surface area contributed by atoms with E-state index >= 15 is 0 Å². The van der Waals surface area contributed by atoms with Crippen molar-refractivity contribution in [1.29, 1.82) is 0 Å². The van der Waals surface area contributed by atoms with Gasteiger partial charge in [0.25, 0.3) is 0 Å². The Bertz CT molecular complexity index is 670. The van der Waals surface area contributed by atoms with Crippen LogP contribution in [0.4, 0.5) is 10.1 Å². The maximum atomic E-state index is 13.1. The molecule has 0 spiro atoms. The van der Waals surface area contributed by atoms with Gasteiger partial charge in [0, 0.05) is 0 Å². The van der Waals surface area contributed by atoms with Crippen LogP contribution in [0.3, 0.4) is 0 Å². The number of ether oxygens (including phenoxy) is 1. The molecule has 6 nitrogen and oxygen atoms in total. The average Bonchev–Trinajstić information content (AvgIpc) is 2.84. The smallest absolute Gasteiger partial charge is 0.315 e. The first-order valence-electron chi connectivity index (χ1n) is 5.31. The Morgan fingerprint density at radius 3 is 2.80 bits per heavy atom. The van der Waals surface area contributed by atoms with E-state index in [4.69, 9.17) is 9.15 Å². The van der Waals surface area contributed by atoms with Crippen LogP contribution in [0.1, 0.15) is 16.3 Å². The molecule has 0 atom stereocenters. The zero-order valence-electron chi connectivity index (χ0n) is 9.84. The Kier molecular flexibility index (Phi) is 4.14. The standard InChI is InChI=1S/C12H7BrFNO5/c13-10-3-7(14)4-11(15(17)18)12(10)19-6-9-2-1-8(5-16)20-9/h1-5H,6H2. The minimum Gasteiger partial charge on any atom is -0.478 e. The molecule has 1 heterocycles. The predicted octanol–water partition coefficient (Wildman–Crippen LogP) is 3.48. The zero-order chi connectivity index (χ0) is 14.7. The van der Waals surface area contributed by atoms with E-state index in [1.807, 2.05) is 0 Å². The first-order chi connectivity index (χ1) is 9.51. The highest BCUT2D eigenvalue weighted by Crippen LogP contribution is 2.36. The molecule has 20 heavy (non-hydrogen) atoms. The number of carbonyl (C=O) groups excluding carboxylic acids is 1. The summed E-state index contributed by atoms with van der Waals surface area (Å²) in [7, 11) is 0. The van der Waals surface area contributed by atoms with Gasteiger partial charge in [-0.1, -0.05) is 0 Å². The second-order valence-electron chi connectivity index (χ2n) is 3.70. The molecule has 0 fully saturated rings. The van der Waals surface area contributed by atoms with E-state index in [0.717, 1.165) is 12.1 Å². The Labute approximate surface area is 120 Å². The van der Waals surface area contributed by atoms with Gasteiger partial charge in [-0.15, -0.1) is 0 Å². The van der Waals surface area contributed by atoms with Crippen molar-refractivity contribution in [3.8, 4) is 5.75 Å². The maximum absolute atomic E-state index is 13.1. The fourth-order valence-electron chi connectivity index (χ4n) is 1.50. The van der Waals surface area contributed by atoms with Crippen molar-refractivity contribution in [3.63, 3.8) is 0 Å². The predicted molar refractivity (Wildman–Crippen MR) is 69.2 cm³/mol. The van der Waals surface area contributed by atoms with Crippen molar-refractivity contribution in [2.75, 3.05) is 0 Å². The number of furan rings is 1. The molecular formula is C12H7BrFNO5. The van der Waals surface area contributed by atoms with Crippen LogP contribution in [0.25, 0.3) is 0 Å². The van der Waals surface area contributed by atoms with Crippen molar-refractivity contribution in [2.45, 2.75) is 6.61 Å². The highest BCUT2D eigenvalue weighted by Gasteiger charge is 2.21. The van der Waals surface area contributed by atoms with Gasteiger partial charge in [0.15, 0.2) is 12.0 Å². The van der Waals surface area contributed by atoms with Crippen molar-refractivity contribution < 1.29 is 23.3 Å². The summed E-state index contributed by atoms with van der Waals surface area (Å²) in [5.41, 5.74) is -0.501. The molecule has 0 saturated carbocycles. The summed E-state index contributed by atoms with van der Waals surface area (Å²) in [6.45, 7) is -0.126. The summed E-state index contributed by atoms with van der Waals surface area (Å²) in [4.78, 5) is 20.6. The van der Waals surface area contributed by atoms with Crippen LogP contribution in [0.5, 0.6) is 5.75 Å². The zero-order valence-corrected chi connectivity index (χ0v) is 11.4. The number of nitrogens with zero attached hydrogens (tertiary/aromatic N) is 1. The summed E-state index contributed by atoms with van der Waals surface area (Å²) >= 11 is 3.00. The summed E-state index contributed by atoms with van der Waals surface area (Å²) in [5, 5.41) is 10.9. The largest absolute Gasteiger partial charge is 0.478 e. The van der Waals surface area contributed by atoms with Gasteiger partial charge in [0.2, 0.25) is 5.75 Å². The van der Waals surface area contributed by atoms with Crippen LogP contribution in [0, 0.1) is 15.9 Å². The topological polar surface area (TPSA) is 82.6 Å². The molecule has 0 radical (unpaired) electrons. The first kappa shape index (κ1) is 14.2. The number of rotatable bonds is 5. The summed E-state index contributed by atoms with van der Waals surface area (Å²) in [6, 6.07) is 4.77. The molecule has 8 heteroatoms. The van der Waals surface area contributed by atoms with Crippen LogP contribution in [-0.4, -0.2) is 11.2 Å². The number of nitro groups is 1. The maximum Gasteiger partial charge on any atom is 0.315 e. The molecule has 2 aromatic rings. The number of hydrogen-bond acceptors (Lipinski definition) is 5. The quantitative estimate of drug-likeness (QED) is 0.471. The van der Waals surface area contributed by atoms with Gasteiger partial charge in [0.1, 0.15) is 18.2 Å². The second-order valence-corrected chi connectivity index (χ2v) is 4.56. The van der Waals surface area contributed by atoms with Gasteiger partial charge in [0.05, 0.1) is 15.5 Å². The van der Waals surface area contributed by atoms with E-state index in [0.29, 0.717) is 12.0 Å². The number of nitro benzene ring substituents is 1. The lowest BCUT2D eigenvalue weighted by Gasteiger charge is -2.07. The van der Waals surface area contributed by atoms with E-state index in [9.17, 15) is 19.3 Å². The highest BCUT2D eigenvalue weighted by atomic mass is 79.9. The van der Waals surface area contributed by atoms with E-state index in [2.05, 4.69) is 15.9 Å². The van der Waals surface area contributed by atoms with E-state index < -0.39 is 16.4 Å². The molecule has 104 valence electrons. The molecule has 0 aliphatic heterocycles. The first-order valence-corrected chi connectivity index (χ1v) is 6.10. The van der Waals surface area contributed by atoms with Crippen LogP contribution >= 0.6 is 15.9 Å². The lowest BCUT2D eigenvalue weighted by atomic mass is 10.3. The van der Waals surface area contributed by atoms with Gasteiger partial charge in [-0.05, 0) is 34.1 Å². The summed E-state index contributed by atoms with van der Waals surface area (Å²) in [6.07, 6.45) is 0.528. The monoisotopic (exact) mass is 343 g/mol. The number of aldehydes is 1. The lowest BCUT2D eigenvalue weighted by molar-refractivity contribution is -0.386. The third kappa shape index (κ3) is 3.02. The molecule has 1 aromatic carbocycles. The van der Waals surface area contributed by atoms with E-state index in [1.54, 1.807) is 0 Å². The fraction of sp³-hybridized carbons (Fsp3) is 0.0833. The third-order valence-corrected chi connectivity index (χ3v) is 2.93. The third-order valence-electron chi connectivity index (χ3n) is 2.34. The Morgan fingerprint density at radius 1 is 1.45 bits per heavy atom. The molecule has 0 amide bonds. The van der Waals surface area contributed by atoms with Crippen LogP contribution in [0.15, 0.2) is 33.2 Å². The number of benzene rings is 1. The molecule has 0 aliphatic rings. The van der Waals surface area contributed by atoms with Gasteiger partial charge in [-0.3, -0.25) is 14.9 Å². The van der Waals surface area contributed by atoms with Crippen LogP contribution in [-0.2, 0) is 6.61 Å². The van der Waals surface area contributed by atoms with E-state index in [1.165, 1.54) is 12.1 Å². The number of carbonyl (C=O) groups is 1. The summed E-state index contributed by atoms with van der Waals surface area (Å²) < 4.78 is 23.6. The molecule has 0 saturated heterocycles. The molecule has 0 N–H and O–H groups in total. The Hall–Kier alpha value is -2.22. The minimum atomic E-state index is -0.753. The highest BCUT2D eigenvalue weighted by molar-refractivity contribution is 9.10. The number of hydrogen-bond donors (Lipinski definition) is 0. The number of halogens is 2. The van der Waals surface area contributed by atoms with Crippen molar-refractivity contribution in [1.82, 2.24) is 0 Å². The Balaban J connectivity index is 2.24. The van der Waals surface area contributed by atoms with E-state index in [-0.39, 0.29) is 22.6 Å². The Morgan fingerprint density at radius 2 is 2.20 bits per heavy atom. The van der Waals surface area contributed by atoms with Crippen molar-refractivity contribution >= 4 is 27.9 Å². The fourth-order valence-corrected chi connectivity index (χ4v) is 2.04. The van der Waals surface area contributed by atoms with Gasteiger partial charge in [-0.2, -0.15) is 0 Å². The van der Waals surface area contributed by atoms with Crippen molar-refractivity contribution in [2.24, 2.45) is 0 Å². The molecule has 2 rings (SSSR count). The minimum absolute atomic E-state index is 0.111. The lowest BCUT2D eigenvalue weighted by Crippen LogP contribution is -2.00. The molecular weight excluding hydrogens is 337 g/mol. The average molecular weight is 344 g/mol. The SMILES string of the molecule is O=Cc1ccc(COc2c(Br)cc(F)cc2[N+](=O)[O-])o1. The van der Waals surface area contributed by atoms with Gasteiger partial charge < -0.3 is 9.15 Å². The normalized spacial score (nSPS) is 10.3. The van der Waals surface area contributed by atoms with Crippen LogP contribution < -0.4 is 4.74 Å².